The van der Waals surface area contributed by atoms with Crippen LogP contribution in [0.4, 0.5) is 0 Å². The van der Waals surface area contributed by atoms with Crippen molar-refractivity contribution in [2.75, 3.05) is 13.7 Å². The summed E-state index contributed by atoms with van der Waals surface area (Å²) in [5.41, 5.74) is 5.38. The molecule has 0 aliphatic rings. The van der Waals surface area contributed by atoms with Crippen LogP contribution in [0, 0.1) is 0 Å². The summed E-state index contributed by atoms with van der Waals surface area (Å²) < 4.78 is 10.1. The molecule has 0 aliphatic carbocycles. The first-order valence-corrected chi connectivity index (χ1v) is 4.83. The highest BCUT2D eigenvalue weighted by molar-refractivity contribution is 4.89. The fourth-order valence-electron chi connectivity index (χ4n) is 1.06. The Kier molecular flexibility index (Phi) is 4.55. The maximum atomic E-state index is 5.38. The molecule has 0 spiro atoms. The standard InChI is InChI=1S/C9H17N3O2/c1-7(13-2)9-11-8(14-12-9)5-3-4-6-10/h7H,3-6,10H2,1-2H3. The topological polar surface area (TPSA) is 74.2 Å². The molecule has 0 radical (unpaired) electrons. The van der Waals surface area contributed by atoms with E-state index in [2.05, 4.69) is 10.1 Å². The van der Waals surface area contributed by atoms with Gasteiger partial charge in [0.2, 0.25) is 5.89 Å². The molecule has 0 fully saturated rings. The van der Waals surface area contributed by atoms with Crippen molar-refractivity contribution in [1.82, 2.24) is 10.1 Å². The van der Waals surface area contributed by atoms with Crippen molar-refractivity contribution < 1.29 is 9.26 Å². The Morgan fingerprint density at radius 3 is 2.93 bits per heavy atom. The number of hydrogen-bond donors (Lipinski definition) is 1. The molecule has 1 aromatic heterocycles. The van der Waals surface area contributed by atoms with Gasteiger partial charge < -0.3 is 15.0 Å². The first-order valence-electron chi connectivity index (χ1n) is 4.83. The Morgan fingerprint density at radius 1 is 1.50 bits per heavy atom. The van der Waals surface area contributed by atoms with Gasteiger partial charge in [-0.1, -0.05) is 5.16 Å². The SMILES string of the molecule is COC(C)c1noc(CCCCN)n1. The largest absolute Gasteiger partial charge is 0.374 e. The van der Waals surface area contributed by atoms with Crippen molar-refractivity contribution >= 4 is 0 Å². The minimum Gasteiger partial charge on any atom is -0.374 e. The van der Waals surface area contributed by atoms with Gasteiger partial charge in [0.15, 0.2) is 5.82 Å². The second-order valence-electron chi connectivity index (χ2n) is 3.17. The van der Waals surface area contributed by atoms with Gasteiger partial charge in [-0.05, 0) is 26.3 Å². The molecule has 1 heterocycles. The number of aromatic nitrogens is 2. The molecule has 2 N–H and O–H groups in total. The monoisotopic (exact) mass is 199 g/mol. The maximum Gasteiger partial charge on any atom is 0.226 e. The first kappa shape index (κ1) is 11.1. The van der Waals surface area contributed by atoms with E-state index in [1.165, 1.54) is 0 Å². The predicted octanol–water partition coefficient (Wildman–Crippen LogP) is 1.06. The molecule has 0 aliphatic heterocycles. The third-order valence-corrected chi connectivity index (χ3v) is 2.05. The number of nitrogens with zero attached hydrogens (tertiary/aromatic N) is 2. The van der Waals surface area contributed by atoms with E-state index in [9.17, 15) is 0 Å². The van der Waals surface area contributed by atoms with Crippen LogP contribution >= 0.6 is 0 Å². The van der Waals surface area contributed by atoms with Crippen LogP contribution in [0.2, 0.25) is 0 Å². The lowest BCUT2D eigenvalue weighted by Gasteiger charge is -2.00. The van der Waals surface area contributed by atoms with Crippen molar-refractivity contribution in [3.05, 3.63) is 11.7 Å². The molecule has 1 rings (SSSR count). The molecule has 1 atom stereocenters. The molecule has 1 unspecified atom stereocenters. The number of aryl methyl sites for hydroxylation is 1. The number of ether oxygens (including phenoxy) is 1. The van der Waals surface area contributed by atoms with Gasteiger partial charge in [-0.15, -0.1) is 0 Å². The van der Waals surface area contributed by atoms with E-state index < -0.39 is 0 Å². The third kappa shape index (κ3) is 3.08. The van der Waals surface area contributed by atoms with E-state index in [-0.39, 0.29) is 6.10 Å². The summed E-state index contributed by atoms with van der Waals surface area (Å²) >= 11 is 0. The molecule has 80 valence electrons. The fourth-order valence-corrected chi connectivity index (χ4v) is 1.06. The Balaban J connectivity index is 2.42. The summed E-state index contributed by atoms with van der Waals surface area (Å²) in [5.74, 6) is 1.27. The highest BCUT2D eigenvalue weighted by Gasteiger charge is 2.11. The van der Waals surface area contributed by atoms with E-state index >= 15 is 0 Å². The zero-order valence-corrected chi connectivity index (χ0v) is 8.69. The van der Waals surface area contributed by atoms with Crippen LogP contribution < -0.4 is 5.73 Å². The van der Waals surface area contributed by atoms with Gasteiger partial charge in [0.1, 0.15) is 6.10 Å². The Hall–Kier alpha value is -0.940. The molecule has 14 heavy (non-hydrogen) atoms. The van der Waals surface area contributed by atoms with Crippen molar-refractivity contribution in [2.45, 2.75) is 32.3 Å². The minimum atomic E-state index is -0.109. The van der Waals surface area contributed by atoms with Crippen LogP contribution in [0.15, 0.2) is 4.52 Å². The first-order chi connectivity index (χ1) is 6.77. The quantitative estimate of drug-likeness (QED) is 0.693. The van der Waals surface area contributed by atoms with E-state index in [0.717, 1.165) is 19.3 Å². The molecular formula is C9H17N3O2. The van der Waals surface area contributed by atoms with Gasteiger partial charge in [0, 0.05) is 13.5 Å². The molecule has 0 saturated carbocycles. The molecule has 5 heteroatoms. The van der Waals surface area contributed by atoms with E-state index in [1.54, 1.807) is 7.11 Å². The predicted molar refractivity (Wildman–Crippen MR) is 51.7 cm³/mol. The summed E-state index contributed by atoms with van der Waals surface area (Å²) in [6.07, 6.45) is 2.65. The number of rotatable bonds is 6. The highest BCUT2D eigenvalue weighted by Crippen LogP contribution is 2.12. The number of nitrogens with two attached hydrogens (primary N) is 1. The lowest BCUT2D eigenvalue weighted by molar-refractivity contribution is 0.109. The zero-order valence-electron chi connectivity index (χ0n) is 8.69. The molecule has 5 nitrogen and oxygen atoms in total. The summed E-state index contributed by atoms with van der Waals surface area (Å²) in [5, 5.41) is 3.82. The number of methoxy groups -OCH3 is 1. The van der Waals surface area contributed by atoms with Crippen LogP contribution in [0.1, 0.15) is 37.6 Å². The van der Waals surface area contributed by atoms with Gasteiger partial charge in [-0.3, -0.25) is 0 Å². The molecule has 0 saturated heterocycles. The zero-order chi connectivity index (χ0) is 10.4. The van der Waals surface area contributed by atoms with Crippen LogP contribution in [-0.4, -0.2) is 23.8 Å². The van der Waals surface area contributed by atoms with Crippen molar-refractivity contribution in [3.8, 4) is 0 Å². The van der Waals surface area contributed by atoms with Gasteiger partial charge >= 0.3 is 0 Å². The highest BCUT2D eigenvalue weighted by atomic mass is 16.5. The van der Waals surface area contributed by atoms with E-state index in [0.29, 0.717) is 18.3 Å². The van der Waals surface area contributed by atoms with Crippen LogP contribution in [-0.2, 0) is 11.2 Å². The average Bonchev–Trinajstić information content (AvgIpc) is 2.66. The van der Waals surface area contributed by atoms with Crippen molar-refractivity contribution in [1.29, 1.82) is 0 Å². The normalized spacial score (nSPS) is 13.1. The minimum absolute atomic E-state index is 0.109. The van der Waals surface area contributed by atoms with Gasteiger partial charge in [0.25, 0.3) is 0 Å². The summed E-state index contributed by atoms with van der Waals surface area (Å²) in [4.78, 5) is 4.21. The molecule has 0 amide bonds. The molecule has 1 aromatic rings. The van der Waals surface area contributed by atoms with Crippen molar-refractivity contribution in [2.24, 2.45) is 5.73 Å². The third-order valence-electron chi connectivity index (χ3n) is 2.05. The summed E-state index contributed by atoms with van der Waals surface area (Å²) in [7, 11) is 1.62. The van der Waals surface area contributed by atoms with Gasteiger partial charge in [-0.25, -0.2) is 0 Å². The Labute approximate surface area is 83.6 Å². The second kappa shape index (κ2) is 5.72. The fraction of sp³-hybridized carbons (Fsp3) is 0.778. The van der Waals surface area contributed by atoms with Crippen LogP contribution in [0.3, 0.4) is 0 Å². The van der Waals surface area contributed by atoms with Gasteiger partial charge in [-0.2, -0.15) is 4.98 Å². The lowest BCUT2D eigenvalue weighted by atomic mass is 10.2. The van der Waals surface area contributed by atoms with Crippen molar-refractivity contribution in [3.63, 3.8) is 0 Å². The number of unbranched alkanes of at least 4 members (excludes halogenated alkanes) is 1. The molecular weight excluding hydrogens is 182 g/mol. The Morgan fingerprint density at radius 2 is 2.29 bits per heavy atom. The average molecular weight is 199 g/mol. The molecule has 0 aromatic carbocycles. The number of hydrogen-bond acceptors (Lipinski definition) is 5. The van der Waals surface area contributed by atoms with Gasteiger partial charge in [0.05, 0.1) is 0 Å². The maximum absolute atomic E-state index is 5.38. The van der Waals surface area contributed by atoms with E-state index in [1.807, 2.05) is 6.92 Å². The lowest BCUT2D eigenvalue weighted by Crippen LogP contribution is -2.00. The molecule has 0 bridgehead atoms. The van der Waals surface area contributed by atoms with E-state index in [4.69, 9.17) is 15.0 Å². The van der Waals surface area contributed by atoms with Crippen LogP contribution in [0.5, 0.6) is 0 Å². The van der Waals surface area contributed by atoms with Crippen LogP contribution in [0.25, 0.3) is 0 Å². The second-order valence-corrected chi connectivity index (χ2v) is 3.17. The summed E-state index contributed by atoms with van der Waals surface area (Å²) in [6.45, 7) is 2.59. The Bertz CT molecular complexity index is 262. The smallest absolute Gasteiger partial charge is 0.226 e. The summed E-state index contributed by atoms with van der Waals surface area (Å²) in [6, 6.07) is 0.